The number of non-ortho nitro benzene ring substituents is 1. The van der Waals surface area contributed by atoms with Gasteiger partial charge in [0.15, 0.2) is 0 Å². The Morgan fingerprint density at radius 1 is 1.37 bits per heavy atom. The summed E-state index contributed by atoms with van der Waals surface area (Å²) in [6.07, 6.45) is 2.85. The first-order chi connectivity index (χ1) is 12.2. The molecule has 1 saturated heterocycles. The number of nitro groups is 1. The van der Waals surface area contributed by atoms with Crippen LogP contribution in [0.3, 0.4) is 0 Å². The number of carbonyl (C=O) groups is 1. The summed E-state index contributed by atoms with van der Waals surface area (Å²) >= 11 is 0. The molecular formula is C16H25ClN4O5S. The highest BCUT2D eigenvalue weighted by Gasteiger charge is 2.29. The number of nitrogens with two attached hydrogens (primary N) is 1. The number of nitrogens with one attached hydrogen (secondary N) is 1. The molecule has 1 aromatic rings. The molecule has 0 spiro atoms. The predicted octanol–water partition coefficient (Wildman–Crippen LogP) is 1.41. The van der Waals surface area contributed by atoms with Crippen molar-refractivity contribution in [2.75, 3.05) is 13.1 Å². The van der Waals surface area contributed by atoms with Gasteiger partial charge in [-0.1, -0.05) is 0 Å². The number of rotatable bonds is 7. The van der Waals surface area contributed by atoms with E-state index in [-0.39, 0.29) is 53.9 Å². The van der Waals surface area contributed by atoms with E-state index < -0.39 is 14.9 Å². The zero-order chi connectivity index (χ0) is 19.3. The molecule has 1 amide bonds. The molecule has 0 aromatic heterocycles. The van der Waals surface area contributed by atoms with Crippen LogP contribution in [0.5, 0.6) is 0 Å². The Morgan fingerprint density at radius 2 is 2.00 bits per heavy atom. The molecule has 0 radical (unpaired) electrons. The van der Waals surface area contributed by atoms with Crippen LogP contribution in [-0.2, 0) is 14.8 Å². The highest BCUT2D eigenvalue weighted by atomic mass is 35.5. The number of amides is 1. The first kappa shape index (κ1) is 23.3. The lowest BCUT2D eigenvalue weighted by Crippen LogP contribution is -2.52. The Bertz CT molecular complexity index is 755. The van der Waals surface area contributed by atoms with Crippen molar-refractivity contribution in [3.63, 3.8) is 0 Å². The molecule has 1 aliphatic rings. The Morgan fingerprint density at radius 3 is 2.56 bits per heavy atom. The van der Waals surface area contributed by atoms with Gasteiger partial charge in [0.2, 0.25) is 15.9 Å². The lowest BCUT2D eigenvalue weighted by molar-refractivity contribution is -0.384. The molecule has 1 aromatic carbocycles. The minimum atomic E-state index is -3.83. The highest BCUT2D eigenvalue weighted by Crippen LogP contribution is 2.20. The van der Waals surface area contributed by atoms with Crippen molar-refractivity contribution in [3.05, 3.63) is 34.4 Å². The molecule has 152 valence electrons. The molecule has 2 unspecified atom stereocenters. The molecule has 1 aliphatic heterocycles. The normalized spacial score (nSPS) is 18.4. The molecule has 11 heteroatoms. The summed E-state index contributed by atoms with van der Waals surface area (Å²) in [5.74, 6) is -0.126. The predicted molar refractivity (Wildman–Crippen MR) is 103 cm³/mol. The fraction of sp³-hybridized carbons (Fsp3) is 0.562. The summed E-state index contributed by atoms with van der Waals surface area (Å²) < 4.78 is 26.8. The molecule has 0 aliphatic carbocycles. The molecular weight excluding hydrogens is 396 g/mol. The van der Waals surface area contributed by atoms with Gasteiger partial charge in [-0.05, 0) is 38.3 Å². The van der Waals surface area contributed by atoms with Crippen molar-refractivity contribution < 1.29 is 18.1 Å². The van der Waals surface area contributed by atoms with Crippen molar-refractivity contribution in [3.8, 4) is 0 Å². The highest BCUT2D eigenvalue weighted by molar-refractivity contribution is 7.89. The average Bonchev–Trinajstić information content (AvgIpc) is 2.61. The lowest BCUT2D eigenvalue weighted by atomic mass is 9.96. The number of halogens is 1. The minimum absolute atomic E-state index is 0. The van der Waals surface area contributed by atoms with E-state index in [4.69, 9.17) is 5.73 Å². The van der Waals surface area contributed by atoms with Crippen LogP contribution in [0.2, 0.25) is 0 Å². The Kier molecular flexibility index (Phi) is 8.60. The zero-order valence-corrected chi connectivity index (χ0v) is 16.7. The summed E-state index contributed by atoms with van der Waals surface area (Å²) in [4.78, 5) is 24.1. The van der Waals surface area contributed by atoms with Gasteiger partial charge in [0, 0.05) is 43.7 Å². The van der Waals surface area contributed by atoms with Gasteiger partial charge in [0.1, 0.15) is 0 Å². The van der Waals surface area contributed by atoms with Crippen LogP contribution in [0.15, 0.2) is 29.2 Å². The Labute approximate surface area is 164 Å². The van der Waals surface area contributed by atoms with Crippen LogP contribution in [0.1, 0.15) is 32.6 Å². The second-order valence-corrected chi connectivity index (χ2v) is 8.18. The first-order valence-electron chi connectivity index (χ1n) is 8.51. The topological polar surface area (TPSA) is 136 Å². The van der Waals surface area contributed by atoms with Gasteiger partial charge in [-0.15, -0.1) is 12.4 Å². The lowest BCUT2D eigenvalue weighted by Gasteiger charge is -2.38. The van der Waals surface area contributed by atoms with E-state index in [1.807, 2.05) is 6.92 Å². The maximum Gasteiger partial charge on any atom is 0.269 e. The Hall–Kier alpha value is -1.75. The van der Waals surface area contributed by atoms with Crippen LogP contribution < -0.4 is 10.5 Å². The van der Waals surface area contributed by atoms with Gasteiger partial charge >= 0.3 is 0 Å². The fourth-order valence-electron chi connectivity index (χ4n) is 3.08. The first-order valence-corrected chi connectivity index (χ1v) is 10.00. The van der Waals surface area contributed by atoms with Gasteiger partial charge in [-0.3, -0.25) is 14.9 Å². The number of hydrogen-bond acceptors (Lipinski definition) is 6. The van der Waals surface area contributed by atoms with Crippen molar-refractivity contribution in [2.24, 2.45) is 5.73 Å². The SMILES string of the molecule is CC(N)C1CCCCN1C(=O)CCNS(=O)(=O)c1ccc([N+](=O)[O-])cc1.Cl. The summed E-state index contributed by atoms with van der Waals surface area (Å²) in [5, 5.41) is 10.6. The number of sulfonamides is 1. The van der Waals surface area contributed by atoms with Crippen LogP contribution >= 0.6 is 12.4 Å². The number of nitro benzene ring substituents is 1. The third-order valence-electron chi connectivity index (χ3n) is 4.47. The quantitative estimate of drug-likeness (QED) is 0.505. The summed E-state index contributed by atoms with van der Waals surface area (Å²) in [5.41, 5.74) is 5.76. The van der Waals surface area contributed by atoms with Crippen LogP contribution in [0.25, 0.3) is 0 Å². The van der Waals surface area contributed by atoms with Gasteiger partial charge in [-0.25, -0.2) is 13.1 Å². The maximum atomic E-state index is 12.4. The van der Waals surface area contributed by atoms with Gasteiger partial charge in [0.05, 0.1) is 9.82 Å². The van der Waals surface area contributed by atoms with Crippen molar-refractivity contribution in [1.82, 2.24) is 9.62 Å². The molecule has 2 rings (SSSR count). The molecule has 1 fully saturated rings. The Balaban J connectivity index is 0.00000364. The van der Waals surface area contributed by atoms with Crippen LogP contribution in [0.4, 0.5) is 5.69 Å². The number of likely N-dealkylation sites (tertiary alicyclic amines) is 1. The molecule has 0 bridgehead atoms. The van der Waals surface area contributed by atoms with Crippen molar-refractivity contribution >= 4 is 34.0 Å². The van der Waals surface area contributed by atoms with E-state index in [0.717, 1.165) is 31.4 Å². The fourth-order valence-corrected chi connectivity index (χ4v) is 4.11. The van der Waals surface area contributed by atoms with Crippen LogP contribution in [-0.4, -0.2) is 49.3 Å². The molecule has 3 N–H and O–H groups in total. The largest absolute Gasteiger partial charge is 0.338 e. The minimum Gasteiger partial charge on any atom is -0.338 e. The average molecular weight is 421 g/mol. The number of benzene rings is 1. The molecule has 9 nitrogen and oxygen atoms in total. The molecule has 27 heavy (non-hydrogen) atoms. The monoisotopic (exact) mass is 420 g/mol. The molecule has 2 atom stereocenters. The second kappa shape index (κ2) is 9.98. The number of piperidine rings is 1. The van der Waals surface area contributed by atoms with Crippen molar-refractivity contribution in [1.29, 1.82) is 0 Å². The third-order valence-corrected chi connectivity index (χ3v) is 5.94. The third kappa shape index (κ3) is 6.13. The van der Waals surface area contributed by atoms with E-state index in [1.165, 1.54) is 12.1 Å². The van der Waals surface area contributed by atoms with E-state index in [9.17, 15) is 23.3 Å². The number of nitrogens with zero attached hydrogens (tertiary/aromatic N) is 2. The van der Waals surface area contributed by atoms with Crippen molar-refractivity contribution in [2.45, 2.75) is 49.6 Å². The zero-order valence-electron chi connectivity index (χ0n) is 15.0. The number of hydrogen-bond donors (Lipinski definition) is 2. The molecule has 0 saturated carbocycles. The van der Waals surface area contributed by atoms with E-state index in [1.54, 1.807) is 4.90 Å². The number of carbonyl (C=O) groups excluding carboxylic acids is 1. The molecule has 1 heterocycles. The van der Waals surface area contributed by atoms with Gasteiger partial charge in [-0.2, -0.15) is 0 Å². The van der Waals surface area contributed by atoms with E-state index >= 15 is 0 Å². The standard InChI is InChI=1S/C16H24N4O5S.ClH/c1-12(17)15-4-2-3-11-19(15)16(21)9-10-18-26(24,25)14-7-5-13(6-8-14)20(22)23;/h5-8,12,15,18H,2-4,9-11,17H2,1H3;1H. The summed E-state index contributed by atoms with van der Waals surface area (Å²) in [6.45, 7) is 2.47. The maximum absolute atomic E-state index is 12.4. The van der Waals surface area contributed by atoms with Gasteiger partial charge in [0.25, 0.3) is 5.69 Å². The summed E-state index contributed by atoms with van der Waals surface area (Å²) in [6, 6.07) is 4.44. The van der Waals surface area contributed by atoms with Crippen LogP contribution in [0, 0.1) is 10.1 Å². The van der Waals surface area contributed by atoms with E-state index in [2.05, 4.69) is 4.72 Å². The van der Waals surface area contributed by atoms with E-state index in [0.29, 0.717) is 6.54 Å². The smallest absolute Gasteiger partial charge is 0.269 e. The second-order valence-electron chi connectivity index (χ2n) is 6.41. The van der Waals surface area contributed by atoms with Gasteiger partial charge < -0.3 is 10.6 Å². The summed E-state index contributed by atoms with van der Waals surface area (Å²) in [7, 11) is -3.83.